The number of carbonyl (C=O) groups is 1. The first-order chi connectivity index (χ1) is 11.8. The lowest BCUT2D eigenvalue weighted by Gasteiger charge is -2.33. The van der Waals surface area contributed by atoms with E-state index in [1.807, 2.05) is 7.05 Å². The van der Waals surface area contributed by atoms with Gasteiger partial charge in [-0.1, -0.05) is 50.3 Å². The summed E-state index contributed by atoms with van der Waals surface area (Å²) in [4.78, 5) is 16.6. The minimum atomic E-state index is 0.0197. The van der Waals surface area contributed by atoms with Crippen molar-refractivity contribution in [1.29, 1.82) is 0 Å². The van der Waals surface area contributed by atoms with E-state index in [2.05, 4.69) is 61.8 Å². The molecule has 0 bridgehead atoms. The Labute approximate surface area is 152 Å². The summed E-state index contributed by atoms with van der Waals surface area (Å²) in [6, 6.07) is 8.85. The summed E-state index contributed by atoms with van der Waals surface area (Å²) in [5, 5.41) is 3.18. The highest BCUT2D eigenvalue weighted by Gasteiger charge is 2.21. The van der Waals surface area contributed by atoms with Crippen molar-refractivity contribution in [1.82, 2.24) is 15.1 Å². The average molecular weight is 344 g/mol. The maximum Gasteiger partial charge on any atom is 0.317 e. The summed E-state index contributed by atoms with van der Waals surface area (Å²) in [6.45, 7) is 14.1. The second kappa shape index (κ2) is 9.04. The number of urea groups is 1. The highest BCUT2D eigenvalue weighted by Crippen LogP contribution is 2.16. The molecule has 1 aromatic carbocycles. The fraction of sp³-hybridized carbons (Fsp3) is 0.571. The largest absolute Gasteiger partial charge is 0.335 e. The van der Waals surface area contributed by atoms with Crippen LogP contribution in [0.4, 0.5) is 4.79 Å². The number of hydrogen-bond donors (Lipinski definition) is 1. The molecule has 1 heterocycles. The van der Waals surface area contributed by atoms with E-state index in [0.29, 0.717) is 12.5 Å². The summed E-state index contributed by atoms with van der Waals surface area (Å²) in [7, 11) is 1.86. The van der Waals surface area contributed by atoms with Crippen molar-refractivity contribution in [3.8, 4) is 0 Å². The average Bonchev–Trinajstić information content (AvgIpc) is 2.56. The Bertz CT molecular complexity index is 571. The van der Waals surface area contributed by atoms with Crippen LogP contribution in [-0.4, -0.2) is 48.6 Å². The molecule has 138 valence electrons. The van der Waals surface area contributed by atoms with Crippen LogP contribution in [0.2, 0.25) is 0 Å². The van der Waals surface area contributed by atoms with Gasteiger partial charge >= 0.3 is 6.03 Å². The topological polar surface area (TPSA) is 35.6 Å². The zero-order chi connectivity index (χ0) is 18.4. The summed E-state index contributed by atoms with van der Waals surface area (Å²) in [5.74, 6) is 0.533. The molecule has 4 heteroatoms. The second-order valence-corrected chi connectivity index (χ2v) is 7.71. The van der Waals surface area contributed by atoms with Crippen molar-refractivity contribution < 1.29 is 4.79 Å². The van der Waals surface area contributed by atoms with E-state index in [1.54, 1.807) is 4.90 Å². The van der Waals surface area contributed by atoms with E-state index < -0.39 is 0 Å². The minimum absolute atomic E-state index is 0.0197. The Kier molecular flexibility index (Phi) is 7.06. The van der Waals surface area contributed by atoms with E-state index >= 15 is 0 Å². The SMILES string of the molecule is C=C(C)CN1CCC(NC(=O)N(C)Cc2ccc(C(C)C)cc2)CC1. The van der Waals surface area contributed by atoms with Gasteiger partial charge < -0.3 is 10.2 Å². The van der Waals surface area contributed by atoms with Gasteiger partial charge in [-0.3, -0.25) is 4.90 Å². The van der Waals surface area contributed by atoms with Gasteiger partial charge in [-0.05, 0) is 36.8 Å². The third-order valence-electron chi connectivity index (χ3n) is 4.82. The Hall–Kier alpha value is -1.81. The number of piperidine rings is 1. The van der Waals surface area contributed by atoms with Crippen molar-refractivity contribution in [2.75, 3.05) is 26.7 Å². The second-order valence-electron chi connectivity index (χ2n) is 7.71. The van der Waals surface area contributed by atoms with Gasteiger partial charge in [0.15, 0.2) is 0 Å². The fourth-order valence-corrected chi connectivity index (χ4v) is 3.26. The zero-order valence-corrected chi connectivity index (χ0v) is 16.2. The van der Waals surface area contributed by atoms with Gasteiger partial charge in [-0.2, -0.15) is 0 Å². The number of nitrogens with one attached hydrogen (secondary N) is 1. The van der Waals surface area contributed by atoms with E-state index in [1.165, 1.54) is 16.7 Å². The molecule has 1 fully saturated rings. The third kappa shape index (κ3) is 6.20. The first-order valence-corrected chi connectivity index (χ1v) is 9.32. The lowest BCUT2D eigenvalue weighted by Crippen LogP contribution is -2.48. The molecule has 1 aliphatic rings. The Morgan fingerprint density at radius 1 is 1.28 bits per heavy atom. The number of carbonyl (C=O) groups excluding carboxylic acids is 1. The summed E-state index contributed by atoms with van der Waals surface area (Å²) in [6.07, 6.45) is 2.02. The summed E-state index contributed by atoms with van der Waals surface area (Å²) >= 11 is 0. The van der Waals surface area contributed by atoms with Crippen LogP contribution in [0.1, 0.15) is 50.7 Å². The molecule has 1 aliphatic heterocycles. The predicted molar refractivity (Wildman–Crippen MR) is 105 cm³/mol. The molecule has 0 saturated carbocycles. The van der Waals surface area contributed by atoms with Gasteiger partial charge in [0.1, 0.15) is 0 Å². The van der Waals surface area contributed by atoms with E-state index in [4.69, 9.17) is 0 Å². The molecule has 1 saturated heterocycles. The molecule has 2 rings (SSSR count). The van der Waals surface area contributed by atoms with Crippen molar-refractivity contribution >= 4 is 6.03 Å². The van der Waals surface area contributed by atoms with Crippen molar-refractivity contribution in [3.63, 3.8) is 0 Å². The molecule has 0 unspecified atom stereocenters. The molecule has 1 aromatic rings. The standard InChI is InChI=1S/C21H33N3O/c1-16(2)14-24-12-10-20(11-13-24)22-21(25)23(5)15-18-6-8-19(9-7-18)17(3)4/h6-9,17,20H,1,10-15H2,2-5H3,(H,22,25). The molecular formula is C21H33N3O. The minimum Gasteiger partial charge on any atom is -0.335 e. The van der Waals surface area contributed by atoms with E-state index in [0.717, 1.165) is 32.5 Å². The van der Waals surface area contributed by atoms with Crippen LogP contribution in [-0.2, 0) is 6.54 Å². The zero-order valence-electron chi connectivity index (χ0n) is 16.2. The number of benzene rings is 1. The first kappa shape index (κ1) is 19.5. The van der Waals surface area contributed by atoms with Gasteiger partial charge in [0.2, 0.25) is 0 Å². The van der Waals surface area contributed by atoms with E-state index in [-0.39, 0.29) is 12.1 Å². The Balaban J connectivity index is 1.78. The van der Waals surface area contributed by atoms with Crippen LogP contribution in [0.3, 0.4) is 0 Å². The molecule has 0 aromatic heterocycles. The van der Waals surface area contributed by atoms with Gasteiger partial charge in [-0.15, -0.1) is 0 Å². The van der Waals surface area contributed by atoms with Gasteiger partial charge in [-0.25, -0.2) is 4.79 Å². The number of hydrogen-bond acceptors (Lipinski definition) is 2. The van der Waals surface area contributed by atoms with Crippen LogP contribution in [0.25, 0.3) is 0 Å². The maximum absolute atomic E-state index is 12.4. The molecular weight excluding hydrogens is 310 g/mol. The van der Waals surface area contributed by atoms with Gasteiger partial charge in [0.05, 0.1) is 0 Å². The molecule has 1 N–H and O–H groups in total. The monoisotopic (exact) mass is 343 g/mol. The van der Waals surface area contributed by atoms with Gasteiger partial charge in [0.25, 0.3) is 0 Å². The fourth-order valence-electron chi connectivity index (χ4n) is 3.26. The van der Waals surface area contributed by atoms with Crippen molar-refractivity contribution in [2.45, 2.75) is 52.1 Å². The number of nitrogens with zero attached hydrogens (tertiary/aromatic N) is 2. The molecule has 0 spiro atoms. The molecule has 4 nitrogen and oxygen atoms in total. The lowest BCUT2D eigenvalue weighted by molar-refractivity contribution is 0.182. The summed E-state index contributed by atoms with van der Waals surface area (Å²) in [5.41, 5.74) is 3.70. The number of rotatable bonds is 6. The van der Waals surface area contributed by atoms with Crippen LogP contribution in [0.15, 0.2) is 36.4 Å². The van der Waals surface area contributed by atoms with Crippen molar-refractivity contribution in [2.24, 2.45) is 0 Å². The molecule has 0 radical (unpaired) electrons. The quantitative estimate of drug-likeness (QED) is 0.793. The number of likely N-dealkylation sites (tertiary alicyclic amines) is 1. The first-order valence-electron chi connectivity index (χ1n) is 9.32. The molecule has 0 aliphatic carbocycles. The molecule has 0 atom stereocenters. The number of amides is 2. The maximum atomic E-state index is 12.4. The van der Waals surface area contributed by atoms with Crippen LogP contribution < -0.4 is 5.32 Å². The summed E-state index contributed by atoms with van der Waals surface area (Å²) < 4.78 is 0. The highest BCUT2D eigenvalue weighted by molar-refractivity contribution is 5.74. The normalized spacial score (nSPS) is 16.0. The Morgan fingerprint density at radius 3 is 2.40 bits per heavy atom. The predicted octanol–water partition coefficient (Wildman–Crippen LogP) is 3.99. The van der Waals surface area contributed by atoms with Crippen molar-refractivity contribution in [3.05, 3.63) is 47.5 Å². The highest BCUT2D eigenvalue weighted by atomic mass is 16.2. The Morgan fingerprint density at radius 2 is 1.88 bits per heavy atom. The third-order valence-corrected chi connectivity index (χ3v) is 4.82. The molecule has 2 amide bonds. The molecule has 25 heavy (non-hydrogen) atoms. The van der Waals surface area contributed by atoms with Crippen LogP contribution in [0, 0.1) is 0 Å². The lowest BCUT2D eigenvalue weighted by atomic mass is 10.0. The van der Waals surface area contributed by atoms with Crippen LogP contribution in [0.5, 0.6) is 0 Å². The van der Waals surface area contributed by atoms with E-state index in [9.17, 15) is 4.79 Å². The van der Waals surface area contributed by atoms with Gasteiger partial charge in [0, 0.05) is 39.3 Å². The van der Waals surface area contributed by atoms with Crippen LogP contribution >= 0.6 is 0 Å². The smallest absolute Gasteiger partial charge is 0.317 e.